The molecule has 0 aliphatic carbocycles. The van der Waals surface area contributed by atoms with Gasteiger partial charge in [0, 0.05) is 36.4 Å². The van der Waals surface area contributed by atoms with E-state index in [-0.39, 0.29) is 24.4 Å². The molecule has 3 amide bonds. The average molecular weight is 438 g/mol. The van der Waals surface area contributed by atoms with Crippen LogP contribution in [0.15, 0.2) is 48.5 Å². The van der Waals surface area contributed by atoms with Crippen LogP contribution in [0, 0.1) is 5.41 Å². The molecule has 3 rings (SSSR count). The van der Waals surface area contributed by atoms with Crippen molar-refractivity contribution in [2.75, 3.05) is 36.6 Å². The Balaban J connectivity index is 1.62. The number of benzene rings is 2. The fourth-order valence-electron chi connectivity index (χ4n) is 3.36. The minimum atomic E-state index is -0.678. The Morgan fingerprint density at radius 2 is 1.56 bits per heavy atom. The van der Waals surface area contributed by atoms with E-state index in [9.17, 15) is 14.4 Å². The van der Waals surface area contributed by atoms with Crippen LogP contribution in [0.1, 0.15) is 24.5 Å². The van der Waals surface area contributed by atoms with E-state index in [1.54, 1.807) is 41.0 Å². The monoisotopic (exact) mass is 438 g/mol. The number of nitrogens with zero attached hydrogens (tertiary/aromatic N) is 2. The van der Waals surface area contributed by atoms with Gasteiger partial charge in [0.25, 0.3) is 0 Å². The summed E-state index contributed by atoms with van der Waals surface area (Å²) in [4.78, 5) is 39.1. The fraction of sp³-hybridized carbons (Fsp3) is 0.304. The second-order valence-electron chi connectivity index (χ2n) is 7.10. The summed E-state index contributed by atoms with van der Waals surface area (Å²) in [5, 5.41) is 10.3. The molecular weight excluding hydrogens is 412 g/mol. The van der Waals surface area contributed by atoms with E-state index in [0.717, 1.165) is 11.3 Å². The number of hydrogen-bond acceptors (Lipinski definition) is 6. The van der Waals surface area contributed by atoms with E-state index in [0.29, 0.717) is 37.2 Å². The van der Waals surface area contributed by atoms with Gasteiger partial charge in [-0.25, -0.2) is 9.59 Å². The third-order valence-corrected chi connectivity index (χ3v) is 5.07. The van der Waals surface area contributed by atoms with Crippen LogP contribution in [0.3, 0.4) is 0 Å². The highest BCUT2D eigenvalue weighted by atomic mass is 16.5. The van der Waals surface area contributed by atoms with E-state index in [4.69, 9.17) is 10.1 Å². The van der Waals surface area contributed by atoms with Gasteiger partial charge < -0.3 is 9.47 Å². The third kappa shape index (κ3) is 5.42. The Morgan fingerprint density at radius 3 is 2.09 bits per heavy atom. The first kappa shape index (κ1) is 22.8. The summed E-state index contributed by atoms with van der Waals surface area (Å²) in [6.07, 6.45) is 0.220. The van der Waals surface area contributed by atoms with Crippen molar-refractivity contribution in [2.24, 2.45) is 0 Å². The maximum Gasteiger partial charge on any atom is 0.412 e. The van der Waals surface area contributed by atoms with E-state index in [2.05, 4.69) is 10.1 Å². The summed E-state index contributed by atoms with van der Waals surface area (Å²) in [7, 11) is 1.37. The predicted molar refractivity (Wildman–Crippen MR) is 120 cm³/mol. The molecule has 1 aliphatic rings. The molecule has 1 aliphatic heterocycles. The lowest BCUT2D eigenvalue weighted by atomic mass is 10.1. The largest absolute Gasteiger partial charge is 0.469 e. The molecule has 1 saturated heterocycles. The summed E-state index contributed by atoms with van der Waals surface area (Å²) in [5.41, 5.74) is 3.00. The van der Waals surface area contributed by atoms with Crippen LogP contribution in [0.4, 0.5) is 21.0 Å². The van der Waals surface area contributed by atoms with E-state index in [1.807, 2.05) is 24.3 Å². The van der Waals surface area contributed by atoms with Gasteiger partial charge in [-0.2, -0.15) is 0 Å². The van der Waals surface area contributed by atoms with Gasteiger partial charge in [0.15, 0.2) is 0 Å². The van der Waals surface area contributed by atoms with Crippen LogP contribution < -0.4 is 15.1 Å². The van der Waals surface area contributed by atoms with Gasteiger partial charge in [0.05, 0.1) is 13.7 Å². The van der Waals surface area contributed by atoms with E-state index in [1.165, 1.54) is 7.11 Å². The molecule has 2 N–H and O–H groups in total. The van der Waals surface area contributed by atoms with Crippen LogP contribution in [0.5, 0.6) is 0 Å². The molecule has 1 fully saturated rings. The maximum atomic E-state index is 13.0. The van der Waals surface area contributed by atoms with Gasteiger partial charge in [0.2, 0.25) is 0 Å². The Hall–Kier alpha value is -3.88. The summed E-state index contributed by atoms with van der Waals surface area (Å²) < 4.78 is 9.43. The number of carbonyl (C=O) groups excluding carboxylic acids is 3. The number of nitrogens with one attached hydrogen (secondary N) is 2. The maximum absolute atomic E-state index is 13.0. The van der Waals surface area contributed by atoms with Gasteiger partial charge >= 0.3 is 18.1 Å². The minimum Gasteiger partial charge on any atom is -0.469 e. The molecule has 9 heteroatoms. The second kappa shape index (κ2) is 10.4. The van der Waals surface area contributed by atoms with Crippen molar-refractivity contribution in [3.05, 3.63) is 59.7 Å². The van der Waals surface area contributed by atoms with Gasteiger partial charge in [0.1, 0.15) is 5.84 Å². The van der Waals surface area contributed by atoms with Crippen LogP contribution in [-0.2, 0) is 20.7 Å². The van der Waals surface area contributed by atoms with Crippen molar-refractivity contribution in [3.63, 3.8) is 0 Å². The zero-order valence-corrected chi connectivity index (χ0v) is 18.1. The number of rotatable bonds is 7. The first-order chi connectivity index (χ1) is 15.4. The topological polar surface area (TPSA) is 112 Å². The number of methoxy groups -OCH3 is 1. The number of urea groups is 1. The minimum absolute atomic E-state index is 0.0725. The van der Waals surface area contributed by atoms with Crippen LogP contribution in [-0.4, -0.2) is 50.7 Å². The third-order valence-electron chi connectivity index (χ3n) is 5.07. The molecular formula is C23H26N4O5. The molecule has 0 bridgehead atoms. The van der Waals surface area contributed by atoms with Crippen molar-refractivity contribution in [2.45, 2.75) is 19.8 Å². The Morgan fingerprint density at radius 1 is 1.00 bits per heavy atom. The molecule has 9 nitrogen and oxygen atoms in total. The van der Waals surface area contributed by atoms with E-state index >= 15 is 0 Å². The van der Waals surface area contributed by atoms with Crippen molar-refractivity contribution < 1.29 is 23.9 Å². The molecule has 2 aromatic rings. The summed E-state index contributed by atoms with van der Waals surface area (Å²) in [6.45, 7) is 2.98. The first-order valence-electron chi connectivity index (χ1n) is 10.3. The number of alkyl carbamates (subject to hydrolysis) is 1. The van der Waals surface area contributed by atoms with Crippen molar-refractivity contribution in [1.82, 2.24) is 5.32 Å². The highest BCUT2D eigenvalue weighted by molar-refractivity contribution is 6.07. The van der Waals surface area contributed by atoms with Crippen molar-refractivity contribution >= 4 is 35.3 Å². The average Bonchev–Trinajstić information content (AvgIpc) is 3.19. The van der Waals surface area contributed by atoms with Crippen LogP contribution >= 0.6 is 0 Å². The molecule has 1 heterocycles. The number of amidine groups is 1. The molecule has 32 heavy (non-hydrogen) atoms. The number of anilines is 2. The van der Waals surface area contributed by atoms with Gasteiger partial charge in [-0.05, 0) is 55.3 Å². The Labute approximate surface area is 186 Å². The Bertz CT molecular complexity index is 988. The highest BCUT2D eigenvalue weighted by Gasteiger charge is 2.30. The number of aryl methyl sites for hydroxylation is 1. The first-order valence-corrected chi connectivity index (χ1v) is 10.3. The van der Waals surface area contributed by atoms with E-state index < -0.39 is 6.09 Å². The summed E-state index contributed by atoms with van der Waals surface area (Å²) >= 11 is 0. The molecule has 168 valence electrons. The molecule has 2 aromatic carbocycles. The molecule has 0 atom stereocenters. The Kier molecular flexibility index (Phi) is 7.43. The molecule has 0 unspecified atom stereocenters. The van der Waals surface area contributed by atoms with Crippen LogP contribution in [0.2, 0.25) is 0 Å². The van der Waals surface area contributed by atoms with Gasteiger partial charge in [-0.15, -0.1) is 0 Å². The smallest absolute Gasteiger partial charge is 0.412 e. The van der Waals surface area contributed by atoms with Crippen LogP contribution in [0.25, 0.3) is 0 Å². The standard InChI is InChI=1S/C23H26N4O5/c1-3-32-22(29)25-21(24)17-7-11-19(12-8-17)27-15-14-26(23(27)30)18-9-4-16(5-10-18)6-13-20(28)31-2/h4-5,7-12H,3,6,13-15H2,1-2H3,(H2,24,25,29). The zero-order chi connectivity index (χ0) is 23.1. The van der Waals surface area contributed by atoms with Gasteiger partial charge in [-0.3, -0.25) is 25.3 Å². The number of hydrogen-bond donors (Lipinski definition) is 2. The zero-order valence-electron chi connectivity index (χ0n) is 18.1. The number of amides is 3. The lowest BCUT2D eigenvalue weighted by Crippen LogP contribution is -2.32. The molecule has 0 aromatic heterocycles. The summed E-state index contributed by atoms with van der Waals surface area (Å²) in [6, 6.07) is 14.3. The lowest BCUT2D eigenvalue weighted by Gasteiger charge is -2.19. The second-order valence-corrected chi connectivity index (χ2v) is 7.10. The fourth-order valence-corrected chi connectivity index (χ4v) is 3.36. The predicted octanol–water partition coefficient (Wildman–Crippen LogP) is 3.31. The highest BCUT2D eigenvalue weighted by Crippen LogP contribution is 2.26. The van der Waals surface area contributed by atoms with Crippen molar-refractivity contribution in [3.8, 4) is 0 Å². The number of ether oxygens (including phenoxy) is 2. The quantitative estimate of drug-likeness (QED) is 0.391. The number of carbonyl (C=O) groups is 3. The summed E-state index contributed by atoms with van der Waals surface area (Å²) in [5.74, 6) is -0.325. The van der Waals surface area contributed by atoms with Gasteiger partial charge in [-0.1, -0.05) is 12.1 Å². The number of esters is 1. The molecule has 0 radical (unpaired) electrons. The lowest BCUT2D eigenvalue weighted by molar-refractivity contribution is -0.140. The van der Waals surface area contributed by atoms with Crippen molar-refractivity contribution in [1.29, 1.82) is 5.41 Å². The molecule has 0 saturated carbocycles. The molecule has 0 spiro atoms. The normalized spacial score (nSPS) is 13.1. The SMILES string of the molecule is CCOC(=O)NC(=N)c1ccc(N2CCN(c3ccc(CCC(=O)OC)cc3)C2=O)cc1.